The highest BCUT2D eigenvalue weighted by Gasteiger charge is 2.19. The molecule has 0 aliphatic heterocycles. The monoisotopic (exact) mass is 283 g/mol. The fourth-order valence-electron chi connectivity index (χ4n) is 0.952. The Kier molecular flexibility index (Phi) is 3.92. The first-order valence-electron chi connectivity index (χ1n) is 4.28. The molecule has 8 heteroatoms. The number of aromatic nitrogens is 1. The molecule has 0 fully saturated rings. The van der Waals surface area contributed by atoms with Gasteiger partial charge in [0, 0.05) is 16.9 Å². The second kappa shape index (κ2) is 4.68. The summed E-state index contributed by atoms with van der Waals surface area (Å²) in [6.07, 6.45) is 1.40. The molecule has 1 aromatic rings. The van der Waals surface area contributed by atoms with Crippen LogP contribution in [0.4, 0.5) is 0 Å². The van der Waals surface area contributed by atoms with E-state index in [0.29, 0.717) is 0 Å². The lowest BCUT2D eigenvalue weighted by molar-refractivity contribution is 0.589. The Labute approximate surface area is 98.8 Å². The quantitative estimate of drug-likeness (QED) is 0.761. The maximum Gasteiger partial charge on any atom is 0.233 e. The van der Waals surface area contributed by atoms with E-state index in [4.69, 9.17) is 10.7 Å². The molecule has 0 bridgehead atoms. The predicted octanol–water partition coefficient (Wildman–Crippen LogP) is 0.732. The number of rotatable bonds is 4. The van der Waals surface area contributed by atoms with E-state index in [1.807, 2.05) is 0 Å². The van der Waals surface area contributed by atoms with Crippen LogP contribution >= 0.6 is 10.7 Å². The lowest BCUT2D eigenvalue weighted by Gasteiger charge is -2.02. The van der Waals surface area contributed by atoms with E-state index in [-0.39, 0.29) is 5.03 Å². The van der Waals surface area contributed by atoms with E-state index in [2.05, 4.69) is 4.98 Å². The van der Waals surface area contributed by atoms with Crippen LogP contribution in [0.15, 0.2) is 23.4 Å². The number of nitrogens with zero attached hydrogens (tertiary/aromatic N) is 1. The molecule has 0 amide bonds. The number of hydrogen-bond donors (Lipinski definition) is 0. The first kappa shape index (κ1) is 13.4. The van der Waals surface area contributed by atoms with Crippen molar-refractivity contribution < 1.29 is 16.8 Å². The van der Waals surface area contributed by atoms with Crippen LogP contribution in [0.5, 0.6) is 0 Å². The fourth-order valence-corrected chi connectivity index (χ4v) is 3.89. The van der Waals surface area contributed by atoms with E-state index in [9.17, 15) is 16.8 Å². The van der Waals surface area contributed by atoms with Crippen LogP contribution in [0.25, 0.3) is 0 Å². The average molecular weight is 284 g/mol. The van der Waals surface area contributed by atoms with E-state index in [1.165, 1.54) is 12.3 Å². The molecule has 90 valence electrons. The minimum absolute atomic E-state index is 0.140. The summed E-state index contributed by atoms with van der Waals surface area (Å²) in [5, 5.41) is -0.140. The second-order valence-electron chi connectivity index (χ2n) is 3.24. The molecule has 0 atom stereocenters. The third-order valence-corrected chi connectivity index (χ3v) is 4.83. The van der Waals surface area contributed by atoms with Gasteiger partial charge in [0.2, 0.25) is 9.05 Å². The van der Waals surface area contributed by atoms with Gasteiger partial charge < -0.3 is 0 Å². The Bertz CT molecular complexity index is 563. The van der Waals surface area contributed by atoms with Crippen molar-refractivity contribution in [2.24, 2.45) is 0 Å². The van der Waals surface area contributed by atoms with Crippen molar-refractivity contribution in [3.8, 4) is 0 Å². The maximum absolute atomic E-state index is 11.6. The van der Waals surface area contributed by atoms with Crippen LogP contribution in [0.2, 0.25) is 0 Å². The summed E-state index contributed by atoms with van der Waals surface area (Å²) in [4.78, 5) is 3.72. The summed E-state index contributed by atoms with van der Waals surface area (Å²) in [5.41, 5.74) is 0.823. The lowest BCUT2D eigenvalue weighted by atomic mass is 10.3. The highest BCUT2D eigenvalue weighted by atomic mass is 35.7. The van der Waals surface area contributed by atoms with Crippen molar-refractivity contribution in [3.05, 3.63) is 23.9 Å². The zero-order valence-corrected chi connectivity index (χ0v) is 10.8. The Morgan fingerprint density at radius 1 is 1.19 bits per heavy atom. The Hall–Kier alpha value is -0.660. The van der Waals surface area contributed by atoms with Crippen molar-refractivity contribution in [3.63, 3.8) is 0 Å². The smallest absolute Gasteiger partial charge is 0.233 e. The van der Waals surface area contributed by atoms with Gasteiger partial charge in [0.1, 0.15) is 0 Å². The van der Waals surface area contributed by atoms with Crippen LogP contribution in [0.3, 0.4) is 0 Å². The molecule has 0 unspecified atom stereocenters. The van der Waals surface area contributed by atoms with Crippen molar-refractivity contribution in [1.29, 1.82) is 0 Å². The molecule has 1 aromatic heterocycles. The van der Waals surface area contributed by atoms with Gasteiger partial charge in [-0.1, -0.05) is 6.07 Å². The van der Waals surface area contributed by atoms with Crippen molar-refractivity contribution >= 4 is 29.6 Å². The Balaban J connectivity index is 2.91. The van der Waals surface area contributed by atoms with Gasteiger partial charge in [-0.15, -0.1) is 0 Å². The van der Waals surface area contributed by atoms with Gasteiger partial charge in [-0.25, -0.2) is 21.8 Å². The molecular formula is C8H10ClNO4S2. The summed E-state index contributed by atoms with van der Waals surface area (Å²) < 4.78 is 44.5. The number of hydrogen-bond acceptors (Lipinski definition) is 5. The summed E-state index contributed by atoms with van der Waals surface area (Å²) in [6, 6.07) is 2.93. The van der Waals surface area contributed by atoms with E-state index >= 15 is 0 Å². The minimum Gasteiger partial charge on any atom is -0.244 e. The van der Waals surface area contributed by atoms with Gasteiger partial charge in [0.15, 0.2) is 14.9 Å². The van der Waals surface area contributed by atoms with Crippen LogP contribution in [0.1, 0.15) is 5.56 Å². The van der Waals surface area contributed by atoms with Gasteiger partial charge in [-0.05, 0) is 18.6 Å². The summed E-state index contributed by atoms with van der Waals surface area (Å²) in [7, 11) is -2.55. The largest absolute Gasteiger partial charge is 0.244 e. The van der Waals surface area contributed by atoms with Crippen molar-refractivity contribution in [2.45, 2.75) is 11.9 Å². The highest BCUT2D eigenvalue weighted by Crippen LogP contribution is 2.10. The SMILES string of the molecule is Cc1ccc(S(=O)(=O)CCS(=O)(=O)Cl)nc1. The minimum atomic E-state index is -3.81. The Morgan fingerprint density at radius 3 is 2.25 bits per heavy atom. The molecule has 1 heterocycles. The Morgan fingerprint density at radius 2 is 1.81 bits per heavy atom. The molecule has 0 aliphatic rings. The van der Waals surface area contributed by atoms with Gasteiger partial charge in [-0.2, -0.15) is 0 Å². The summed E-state index contributed by atoms with van der Waals surface area (Å²) in [6.45, 7) is 1.77. The average Bonchev–Trinajstić information content (AvgIpc) is 2.15. The van der Waals surface area contributed by atoms with E-state index < -0.39 is 30.4 Å². The zero-order chi connectivity index (χ0) is 12.4. The lowest BCUT2D eigenvalue weighted by Crippen LogP contribution is -2.15. The first-order valence-corrected chi connectivity index (χ1v) is 8.41. The normalized spacial score (nSPS) is 12.6. The fraction of sp³-hybridized carbons (Fsp3) is 0.375. The molecule has 0 saturated carbocycles. The number of sulfone groups is 1. The van der Waals surface area contributed by atoms with E-state index in [1.54, 1.807) is 13.0 Å². The van der Waals surface area contributed by atoms with Crippen molar-refractivity contribution in [1.82, 2.24) is 4.98 Å². The molecular weight excluding hydrogens is 274 g/mol. The highest BCUT2D eigenvalue weighted by molar-refractivity contribution is 8.14. The predicted molar refractivity (Wildman–Crippen MR) is 60.7 cm³/mol. The van der Waals surface area contributed by atoms with Crippen LogP contribution < -0.4 is 0 Å². The zero-order valence-electron chi connectivity index (χ0n) is 8.42. The molecule has 0 N–H and O–H groups in total. The molecule has 0 saturated heterocycles. The molecule has 5 nitrogen and oxygen atoms in total. The second-order valence-corrected chi connectivity index (χ2v) is 8.19. The van der Waals surface area contributed by atoms with Gasteiger partial charge in [0.05, 0.1) is 11.5 Å². The van der Waals surface area contributed by atoms with Crippen LogP contribution in [-0.4, -0.2) is 33.3 Å². The molecule has 16 heavy (non-hydrogen) atoms. The third kappa shape index (κ3) is 4.07. The molecule has 0 radical (unpaired) electrons. The standard InChI is InChI=1S/C8H10ClNO4S2/c1-7-2-3-8(10-6-7)15(11,12)4-5-16(9,13)14/h2-3,6H,4-5H2,1H3. The topological polar surface area (TPSA) is 81.2 Å². The first-order chi connectivity index (χ1) is 7.21. The van der Waals surface area contributed by atoms with Gasteiger partial charge in [-0.3, -0.25) is 0 Å². The van der Waals surface area contributed by atoms with E-state index in [0.717, 1.165) is 5.56 Å². The van der Waals surface area contributed by atoms with Gasteiger partial charge >= 0.3 is 0 Å². The summed E-state index contributed by atoms with van der Waals surface area (Å²) in [5.74, 6) is -1.18. The summed E-state index contributed by atoms with van der Waals surface area (Å²) >= 11 is 0. The molecule has 0 aromatic carbocycles. The van der Waals surface area contributed by atoms with Crippen LogP contribution in [-0.2, 0) is 18.9 Å². The third-order valence-electron chi connectivity index (χ3n) is 1.80. The molecule has 0 aliphatic carbocycles. The van der Waals surface area contributed by atoms with Gasteiger partial charge in [0.25, 0.3) is 0 Å². The number of halogens is 1. The number of aryl methyl sites for hydroxylation is 1. The number of pyridine rings is 1. The molecule has 0 spiro atoms. The van der Waals surface area contributed by atoms with Crippen LogP contribution in [0, 0.1) is 6.92 Å². The molecule has 1 rings (SSSR count). The maximum atomic E-state index is 11.6. The van der Waals surface area contributed by atoms with Crippen molar-refractivity contribution in [2.75, 3.05) is 11.5 Å².